The summed E-state index contributed by atoms with van der Waals surface area (Å²) in [7, 11) is 0. The van der Waals surface area contributed by atoms with Gasteiger partial charge in [0.2, 0.25) is 0 Å². The first-order valence-electron chi connectivity index (χ1n) is 6.15. The SMILES string of the molecule is OCC(NCC1CCCO1)c1ccc(O)c(Cl)c1. The molecule has 1 aliphatic rings. The van der Waals surface area contributed by atoms with E-state index in [2.05, 4.69) is 5.32 Å². The maximum atomic E-state index is 9.40. The molecule has 0 aliphatic carbocycles. The minimum atomic E-state index is -0.188. The molecule has 0 spiro atoms. The van der Waals surface area contributed by atoms with Gasteiger partial charge in [0, 0.05) is 13.2 Å². The number of benzene rings is 1. The third-order valence-corrected chi connectivity index (χ3v) is 3.48. The van der Waals surface area contributed by atoms with Crippen molar-refractivity contribution in [2.45, 2.75) is 25.0 Å². The monoisotopic (exact) mass is 271 g/mol. The molecule has 0 amide bonds. The van der Waals surface area contributed by atoms with Crippen LogP contribution in [0.1, 0.15) is 24.4 Å². The molecule has 2 atom stereocenters. The predicted octanol–water partition coefficient (Wildman–Crippen LogP) is 1.85. The molecule has 1 aliphatic heterocycles. The van der Waals surface area contributed by atoms with Gasteiger partial charge in [0.25, 0.3) is 0 Å². The second-order valence-corrected chi connectivity index (χ2v) is 4.90. The van der Waals surface area contributed by atoms with E-state index in [1.165, 1.54) is 6.07 Å². The number of ether oxygens (including phenoxy) is 1. The van der Waals surface area contributed by atoms with E-state index in [-0.39, 0.29) is 24.5 Å². The van der Waals surface area contributed by atoms with Crippen molar-refractivity contribution >= 4 is 11.6 Å². The Balaban J connectivity index is 1.96. The molecular formula is C13H18ClNO3. The number of nitrogens with one attached hydrogen (secondary N) is 1. The van der Waals surface area contributed by atoms with Crippen LogP contribution in [-0.4, -0.2) is 36.1 Å². The van der Waals surface area contributed by atoms with E-state index < -0.39 is 0 Å². The van der Waals surface area contributed by atoms with Gasteiger partial charge in [-0.3, -0.25) is 0 Å². The van der Waals surface area contributed by atoms with E-state index in [0.717, 1.165) is 25.0 Å². The van der Waals surface area contributed by atoms with Crippen molar-refractivity contribution in [3.63, 3.8) is 0 Å². The number of aliphatic hydroxyl groups excluding tert-OH is 1. The number of aromatic hydroxyl groups is 1. The summed E-state index contributed by atoms with van der Waals surface area (Å²) in [6.07, 6.45) is 2.38. The van der Waals surface area contributed by atoms with Gasteiger partial charge in [-0.15, -0.1) is 0 Å². The Bertz CT molecular complexity index is 394. The van der Waals surface area contributed by atoms with Crippen LogP contribution in [0.25, 0.3) is 0 Å². The van der Waals surface area contributed by atoms with E-state index in [1.54, 1.807) is 12.1 Å². The fraction of sp³-hybridized carbons (Fsp3) is 0.538. The van der Waals surface area contributed by atoms with Gasteiger partial charge in [0.1, 0.15) is 5.75 Å². The summed E-state index contributed by atoms with van der Waals surface area (Å²) >= 11 is 5.86. The summed E-state index contributed by atoms with van der Waals surface area (Å²) in [5.74, 6) is 0.0521. The molecule has 1 fully saturated rings. The summed E-state index contributed by atoms with van der Waals surface area (Å²) in [6.45, 7) is 1.51. The van der Waals surface area contributed by atoms with Gasteiger partial charge in [-0.1, -0.05) is 17.7 Å². The van der Waals surface area contributed by atoms with Gasteiger partial charge in [0.05, 0.1) is 23.8 Å². The maximum Gasteiger partial charge on any atom is 0.134 e. The van der Waals surface area contributed by atoms with Gasteiger partial charge in [0.15, 0.2) is 0 Å². The second-order valence-electron chi connectivity index (χ2n) is 4.49. The fourth-order valence-electron chi connectivity index (χ4n) is 2.11. The highest BCUT2D eigenvalue weighted by atomic mass is 35.5. The van der Waals surface area contributed by atoms with Crippen molar-refractivity contribution in [2.75, 3.05) is 19.8 Å². The highest BCUT2D eigenvalue weighted by Crippen LogP contribution is 2.26. The van der Waals surface area contributed by atoms with E-state index in [1.807, 2.05) is 0 Å². The van der Waals surface area contributed by atoms with E-state index in [0.29, 0.717) is 11.6 Å². The average molecular weight is 272 g/mol. The number of hydrogen-bond acceptors (Lipinski definition) is 4. The van der Waals surface area contributed by atoms with Crippen LogP contribution in [0.4, 0.5) is 0 Å². The van der Waals surface area contributed by atoms with Crippen molar-refractivity contribution in [1.82, 2.24) is 5.32 Å². The highest BCUT2D eigenvalue weighted by molar-refractivity contribution is 6.32. The normalized spacial score (nSPS) is 21.1. The molecule has 1 aromatic carbocycles. The molecule has 2 unspecified atom stereocenters. The predicted molar refractivity (Wildman–Crippen MR) is 69.9 cm³/mol. The van der Waals surface area contributed by atoms with Gasteiger partial charge >= 0.3 is 0 Å². The summed E-state index contributed by atoms with van der Waals surface area (Å²) in [4.78, 5) is 0. The molecule has 1 heterocycles. The smallest absolute Gasteiger partial charge is 0.134 e. The van der Waals surface area contributed by atoms with Crippen LogP contribution < -0.4 is 5.32 Å². The second kappa shape index (κ2) is 6.38. The van der Waals surface area contributed by atoms with Crippen LogP contribution in [-0.2, 0) is 4.74 Å². The molecular weight excluding hydrogens is 254 g/mol. The first-order valence-corrected chi connectivity index (χ1v) is 6.52. The minimum Gasteiger partial charge on any atom is -0.506 e. The Kier molecular flexibility index (Phi) is 4.83. The van der Waals surface area contributed by atoms with Gasteiger partial charge in [-0.05, 0) is 30.5 Å². The number of rotatable bonds is 5. The quantitative estimate of drug-likeness (QED) is 0.765. The van der Waals surface area contributed by atoms with Crippen LogP contribution in [0.3, 0.4) is 0 Å². The lowest BCUT2D eigenvalue weighted by molar-refractivity contribution is 0.104. The van der Waals surface area contributed by atoms with Gasteiger partial charge in [-0.25, -0.2) is 0 Å². The van der Waals surface area contributed by atoms with Crippen LogP contribution in [0.15, 0.2) is 18.2 Å². The number of phenols is 1. The minimum absolute atomic E-state index is 0.0200. The molecule has 0 saturated carbocycles. The van der Waals surface area contributed by atoms with Crippen molar-refractivity contribution in [3.8, 4) is 5.75 Å². The zero-order valence-electron chi connectivity index (χ0n) is 10.1. The standard InChI is InChI=1S/C13H18ClNO3/c14-11-6-9(3-4-13(11)17)12(8-16)15-7-10-2-1-5-18-10/h3-4,6,10,12,15-17H,1-2,5,7-8H2. The molecule has 100 valence electrons. The first kappa shape index (κ1) is 13.6. The van der Waals surface area contributed by atoms with Crippen molar-refractivity contribution < 1.29 is 14.9 Å². The summed E-state index contributed by atoms with van der Waals surface area (Å²) in [5.41, 5.74) is 0.860. The summed E-state index contributed by atoms with van der Waals surface area (Å²) in [5, 5.41) is 22.3. The lowest BCUT2D eigenvalue weighted by atomic mass is 10.1. The number of aliphatic hydroxyl groups is 1. The van der Waals surface area contributed by atoms with Crippen LogP contribution in [0, 0.1) is 0 Å². The van der Waals surface area contributed by atoms with E-state index in [9.17, 15) is 10.2 Å². The van der Waals surface area contributed by atoms with Gasteiger partial charge < -0.3 is 20.3 Å². The Hall–Kier alpha value is -0.810. The molecule has 3 N–H and O–H groups in total. The van der Waals surface area contributed by atoms with Gasteiger partial charge in [-0.2, -0.15) is 0 Å². The average Bonchev–Trinajstić information content (AvgIpc) is 2.87. The fourth-order valence-corrected chi connectivity index (χ4v) is 2.30. The van der Waals surface area contributed by atoms with E-state index in [4.69, 9.17) is 16.3 Å². The molecule has 1 aromatic rings. The lowest BCUT2D eigenvalue weighted by Gasteiger charge is -2.19. The third-order valence-electron chi connectivity index (χ3n) is 3.17. The molecule has 4 nitrogen and oxygen atoms in total. The maximum absolute atomic E-state index is 9.40. The lowest BCUT2D eigenvalue weighted by Crippen LogP contribution is -2.31. The molecule has 1 saturated heterocycles. The third kappa shape index (κ3) is 3.36. The summed E-state index contributed by atoms with van der Waals surface area (Å²) in [6, 6.07) is 4.77. The number of hydrogen-bond donors (Lipinski definition) is 3. The Morgan fingerprint density at radius 1 is 1.50 bits per heavy atom. The van der Waals surface area contributed by atoms with Crippen LogP contribution in [0.5, 0.6) is 5.75 Å². The zero-order chi connectivity index (χ0) is 13.0. The van der Waals surface area contributed by atoms with E-state index >= 15 is 0 Å². The number of halogens is 1. The summed E-state index contributed by atoms with van der Waals surface area (Å²) < 4.78 is 5.52. The molecule has 0 radical (unpaired) electrons. The number of phenolic OH excluding ortho intramolecular Hbond substituents is 1. The van der Waals surface area contributed by atoms with Crippen molar-refractivity contribution in [2.24, 2.45) is 0 Å². The molecule has 5 heteroatoms. The van der Waals surface area contributed by atoms with Crippen LogP contribution >= 0.6 is 11.6 Å². The molecule has 18 heavy (non-hydrogen) atoms. The molecule has 2 rings (SSSR count). The Morgan fingerprint density at radius 2 is 2.33 bits per heavy atom. The molecule has 0 aromatic heterocycles. The first-order chi connectivity index (χ1) is 8.70. The van der Waals surface area contributed by atoms with Crippen LogP contribution in [0.2, 0.25) is 5.02 Å². The largest absolute Gasteiger partial charge is 0.506 e. The van der Waals surface area contributed by atoms with Crippen molar-refractivity contribution in [1.29, 1.82) is 0 Å². The Labute approximate surface area is 112 Å². The topological polar surface area (TPSA) is 61.7 Å². The Morgan fingerprint density at radius 3 is 2.94 bits per heavy atom. The van der Waals surface area contributed by atoms with Crippen molar-refractivity contribution in [3.05, 3.63) is 28.8 Å². The molecule has 0 bridgehead atoms. The highest BCUT2D eigenvalue weighted by Gasteiger charge is 2.18. The zero-order valence-corrected chi connectivity index (χ0v) is 10.9.